The van der Waals surface area contributed by atoms with Gasteiger partial charge in [-0.2, -0.15) is 0 Å². The van der Waals surface area contributed by atoms with Crippen molar-refractivity contribution in [1.82, 2.24) is 0 Å². The zero-order valence-electron chi connectivity index (χ0n) is 14.9. The predicted molar refractivity (Wildman–Crippen MR) is 103 cm³/mol. The zero-order chi connectivity index (χ0) is 21.9. The maximum atomic E-state index is 11.6. The van der Waals surface area contributed by atoms with E-state index in [2.05, 4.69) is 9.47 Å². The van der Waals surface area contributed by atoms with E-state index in [4.69, 9.17) is 27.4 Å². The molecule has 162 valence electrons. The average molecular weight is 453 g/mol. The SMILES string of the molecule is N[C@@H](CCC(=O)OC(=O)CC[C@H](N)C(=O)OC(=O)CC[C@H](N)C(=O)O)C(=O)O.[NaH].[NaH]. The number of rotatable bonds is 12. The number of carbonyl (C=O) groups excluding carboxylic acids is 4. The molecular weight excluding hydrogens is 428 g/mol. The van der Waals surface area contributed by atoms with E-state index < -0.39 is 66.8 Å². The molecule has 0 heterocycles. The molecule has 15 heteroatoms. The summed E-state index contributed by atoms with van der Waals surface area (Å²) in [5, 5.41) is 17.1. The van der Waals surface area contributed by atoms with Gasteiger partial charge in [0.15, 0.2) is 0 Å². The second kappa shape index (κ2) is 17.7. The van der Waals surface area contributed by atoms with Crippen molar-refractivity contribution in [1.29, 1.82) is 0 Å². The van der Waals surface area contributed by atoms with Crippen molar-refractivity contribution in [3.8, 4) is 0 Å². The van der Waals surface area contributed by atoms with Crippen molar-refractivity contribution in [3.63, 3.8) is 0 Å². The summed E-state index contributed by atoms with van der Waals surface area (Å²) in [5.74, 6) is -6.76. The number of hydrogen-bond acceptors (Lipinski definition) is 11. The van der Waals surface area contributed by atoms with Crippen LogP contribution in [0.25, 0.3) is 0 Å². The van der Waals surface area contributed by atoms with Gasteiger partial charge in [-0.05, 0) is 19.3 Å². The van der Waals surface area contributed by atoms with Gasteiger partial charge in [0.1, 0.15) is 18.1 Å². The minimum absolute atomic E-state index is 0. The molecule has 8 N–H and O–H groups in total. The van der Waals surface area contributed by atoms with Crippen molar-refractivity contribution < 1.29 is 48.5 Å². The van der Waals surface area contributed by atoms with Crippen LogP contribution in [0, 0.1) is 0 Å². The number of aliphatic carboxylic acids is 2. The van der Waals surface area contributed by atoms with E-state index in [1.54, 1.807) is 0 Å². The molecule has 0 fully saturated rings. The van der Waals surface area contributed by atoms with Crippen molar-refractivity contribution >= 4 is 94.9 Å². The van der Waals surface area contributed by atoms with Crippen LogP contribution in [0.5, 0.6) is 0 Å². The summed E-state index contributed by atoms with van der Waals surface area (Å²) in [5.41, 5.74) is 15.9. The molecule has 0 spiro atoms. The number of nitrogens with two attached hydrogens (primary N) is 3. The third-order valence-corrected chi connectivity index (χ3v) is 3.36. The first-order valence-corrected chi connectivity index (χ1v) is 8.14. The zero-order valence-corrected chi connectivity index (χ0v) is 14.9. The number of carboxylic acids is 2. The first-order chi connectivity index (χ1) is 12.9. The van der Waals surface area contributed by atoms with Gasteiger partial charge in [0.2, 0.25) is 0 Å². The minimum atomic E-state index is -1.36. The molecule has 0 aromatic heterocycles. The molecule has 0 aliphatic carbocycles. The number of esters is 4. The second-order valence-corrected chi connectivity index (χ2v) is 5.75. The molecule has 0 saturated carbocycles. The summed E-state index contributed by atoms with van der Waals surface area (Å²) in [6, 6.07) is -3.91. The summed E-state index contributed by atoms with van der Waals surface area (Å²) < 4.78 is 8.81. The van der Waals surface area contributed by atoms with Gasteiger partial charge in [-0.3, -0.25) is 24.0 Å². The van der Waals surface area contributed by atoms with Gasteiger partial charge in [-0.15, -0.1) is 0 Å². The molecular formula is C15H25N3Na2O10. The van der Waals surface area contributed by atoms with Crippen LogP contribution in [0.3, 0.4) is 0 Å². The molecule has 0 aromatic carbocycles. The summed E-state index contributed by atoms with van der Waals surface area (Å²) in [6.45, 7) is 0. The molecule has 0 aliphatic heterocycles. The van der Waals surface area contributed by atoms with Crippen LogP contribution in [0.1, 0.15) is 38.5 Å². The molecule has 13 nitrogen and oxygen atoms in total. The number of hydrogen-bond donors (Lipinski definition) is 5. The third kappa shape index (κ3) is 15.9. The Bertz CT molecular complexity index is 632. The van der Waals surface area contributed by atoms with Crippen molar-refractivity contribution in [2.24, 2.45) is 17.2 Å². The van der Waals surface area contributed by atoms with Crippen LogP contribution >= 0.6 is 0 Å². The van der Waals surface area contributed by atoms with Gasteiger partial charge in [-0.1, -0.05) is 0 Å². The molecule has 0 unspecified atom stereocenters. The monoisotopic (exact) mass is 453 g/mol. The van der Waals surface area contributed by atoms with Gasteiger partial charge < -0.3 is 36.9 Å². The van der Waals surface area contributed by atoms with Crippen LogP contribution in [0.2, 0.25) is 0 Å². The quantitative estimate of drug-likeness (QED) is 0.109. The molecule has 0 radical (unpaired) electrons. The Morgan fingerprint density at radius 3 is 1.23 bits per heavy atom. The Labute approximate surface area is 215 Å². The van der Waals surface area contributed by atoms with Crippen molar-refractivity contribution in [3.05, 3.63) is 0 Å². The average Bonchev–Trinajstić information content (AvgIpc) is 2.61. The van der Waals surface area contributed by atoms with Crippen LogP contribution in [0.4, 0.5) is 0 Å². The normalized spacial score (nSPS) is 12.8. The summed E-state index contributed by atoms with van der Waals surface area (Å²) in [7, 11) is 0. The van der Waals surface area contributed by atoms with E-state index >= 15 is 0 Å². The Balaban J connectivity index is -0.00000364. The first-order valence-electron chi connectivity index (χ1n) is 8.14. The standard InChI is InChI=1S/C15H23N3O10.2Na.2H/c16-7(13(22)23)1-4-10(19)27-11(20)6-3-9(18)15(26)28-12(21)5-2-8(17)14(24)25;;;;/h7-9H,1-6,16-18H2,(H,22,23)(H,24,25);;;;/t7-,8-,9-;;;;/m0..../s1. The van der Waals surface area contributed by atoms with Gasteiger partial charge in [0.05, 0.1) is 0 Å². The van der Waals surface area contributed by atoms with Crippen LogP contribution in [0.15, 0.2) is 0 Å². The van der Waals surface area contributed by atoms with E-state index in [1.165, 1.54) is 0 Å². The molecule has 3 atom stereocenters. The Morgan fingerprint density at radius 1 is 0.600 bits per heavy atom. The van der Waals surface area contributed by atoms with Crippen LogP contribution in [-0.2, 0) is 38.2 Å². The Hall–Kier alpha value is -0.900. The van der Waals surface area contributed by atoms with E-state index in [-0.39, 0.29) is 84.8 Å². The van der Waals surface area contributed by atoms with Crippen LogP contribution in [-0.4, -0.2) is 123 Å². The third-order valence-electron chi connectivity index (χ3n) is 3.36. The van der Waals surface area contributed by atoms with Gasteiger partial charge >= 0.3 is 94.9 Å². The summed E-state index contributed by atoms with van der Waals surface area (Å²) in [6.07, 6.45) is -1.99. The fraction of sp³-hybridized carbons (Fsp3) is 0.600. The molecule has 0 aromatic rings. The second-order valence-electron chi connectivity index (χ2n) is 5.75. The van der Waals surface area contributed by atoms with E-state index in [1.807, 2.05) is 0 Å². The predicted octanol–water partition coefficient (Wildman–Crippen LogP) is -3.68. The van der Waals surface area contributed by atoms with E-state index in [9.17, 15) is 28.8 Å². The fourth-order valence-corrected chi connectivity index (χ4v) is 1.65. The van der Waals surface area contributed by atoms with Gasteiger partial charge in [0, 0.05) is 19.3 Å². The topological polar surface area (TPSA) is 239 Å². The number of carboxylic acid groups (broad SMARTS) is 2. The van der Waals surface area contributed by atoms with Crippen molar-refractivity contribution in [2.75, 3.05) is 0 Å². The van der Waals surface area contributed by atoms with E-state index in [0.717, 1.165) is 0 Å². The maximum absolute atomic E-state index is 11.6. The summed E-state index contributed by atoms with van der Waals surface area (Å²) in [4.78, 5) is 66.9. The fourth-order valence-electron chi connectivity index (χ4n) is 1.65. The van der Waals surface area contributed by atoms with Crippen LogP contribution < -0.4 is 17.2 Å². The molecule has 0 aliphatic rings. The Kier molecular flexibility index (Phi) is 20.0. The number of ether oxygens (including phenoxy) is 2. The van der Waals surface area contributed by atoms with Crippen molar-refractivity contribution in [2.45, 2.75) is 56.7 Å². The first kappa shape index (κ1) is 33.7. The molecule has 0 saturated heterocycles. The molecule has 0 rings (SSSR count). The van der Waals surface area contributed by atoms with Gasteiger partial charge in [-0.25, -0.2) is 4.79 Å². The molecule has 0 bridgehead atoms. The summed E-state index contributed by atoms with van der Waals surface area (Å²) >= 11 is 0. The molecule has 0 amide bonds. The van der Waals surface area contributed by atoms with E-state index in [0.29, 0.717) is 0 Å². The van der Waals surface area contributed by atoms with Gasteiger partial charge in [0.25, 0.3) is 0 Å². The number of carbonyl (C=O) groups is 6. The molecule has 30 heavy (non-hydrogen) atoms. The Morgan fingerprint density at radius 2 is 0.900 bits per heavy atom.